The molecule has 0 amide bonds. The van der Waals surface area contributed by atoms with Gasteiger partial charge in [0.1, 0.15) is 0 Å². The van der Waals surface area contributed by atoms with Crippen LogP contribution in [0.2, 0.25) is 0 Å². The van der Waals surface area contributed by atoms with E-state index in [-0.39, 0.29) is 29.7 Å². The van der Waals surface area contributed by atoms with Crippen molar-refractivity contribution in [2.75, 3.05) is 39.0 Å². The minimum atomic E-state index is -3.09. The van der Waals surface area contributed by atoms with Gasteiger partial charge in [-0.15, -0.1) is 35.3 Å². The molecule has 1 heterocycles. The van der Waals surface area contributed by atoms with Crippen LogP contribution >= 0.6 is 35.3 Å². The average Bonchev–Trinajstić information content (AvgIpc) is 3.04. The van der Waals surface area contributed by atoms with E-state index >= 15 is 0 Å². The van der Waals surface area contributed by atoms with Gasteiger partial charge in [0.25, 0.3) is 0 Å². The Hall–Kier alpha value is -0.390. The van der Waals surface area contributed by atoms with Crippen LogP contribution in [-0.2, 0) is 16.4 Å². The highest BCUT2D eigenvalue weighted by atomic mass is 127. The standard InChI is InChI=1S/C15H28N4O2S2.HI/c1-4-16-15(18-11-9-14-8-6-13-22-14)17-10-7-12-19(3)23(20,21)5-2;/h6,8,13H,4-5,7,9-12H2,1-3H3,(H2,16,17,18);1H. The van der Waals surface area contributed by atoms with E-state index in [9.17, 15) is 8.42 Å². The van der Waals surface area contributed by atoms with Gasteiger partial charge >= 0.3 is 0 Å². The third kappa shape index (κ3) is 9.19. The monoisotopic (exact) mass is 488 g/mol. The molecule has 1 aromatic rings. The summed E-state index contributed by atoms with van der Waals surface area (Å²) >= 11 is 1.75. The largest absolute Gasteiger partial charge is 0.357 e. The molecule has 140 valence electrons. The van der Waals surface area contributed by atoms with Crippen LogP contribution in [-0.4, -0.2) is 57.7 Å². The number of rotatable bonds is 10. The van der Waals surface area contributed by atoms with Crippen LogP contribution < -0.4 is 10.6 Å². The zero-order chi connectivity index (χ0) is 17.1. The first kappa shape index (κ1) is 23.6. The van der Waals surface area contributed by atoms with Crippen LogP contribution in [0.4, 0.5) is 0 Å². The quantitative estimate of drug-likeness (QED) is 0.229. The number of halogens is 1. The van der Waals surface area contributed by atoms with Crippen molar-refractivity contribution in [3.63, 3.8) is 0 Å². The number of guanidine groups is 1. The summed E-state index contributed by atoms with van der Waals surface area (Å²) < 4.78 is 24.7. The molecule has 0 saturated carbocycles. The molecule has 0 aliphatic rings. The Morgan fingerprint density at radius 2 is 2.08 bits per heavy atom. The maximum atomic E-state index is 11.7. The van der Waals surface area contributed by atoms with E-state index in [2.05, 4.69) is 33.1 Å². The van der Waals surface area contributed by atoms with Gasteiger partial charge in [-0.1, -0.05) is 6.07 Å². The second-order valence-corrected chi connectivity index (χ2v) is 8.49. The van der Waals surface area contributed by atoms with Crippen LogP contribution in [0.15, 0.2) is 22.5 Å². The Labute approximate surface area is 167 Å². The van der Waals surface area contributed by atoms with Gasteiger partial charge in [-0.3, -0.25) is 4.99 Å². The molecular formula is C15H29IN4O2S2. The Bertz CT molecular complexity index is 562. The summed E-state index contributed by atoms with van der Waals surface area (Å²) in [4.78, 5) is 5.84. The number of sulfonamides is 1. The Balaban J connectivity index is 0.00000529. The first-order chi connectivity index (χ1) is 11.0. The van der Waals surface area contributed by atoms with E-state index in [0.29, 0.717) is 19.5 Å². The Morgan fingerprint density at radius 3 is 2.67 bits per heavy atom. The van der Waals surface area contributed by atoms with Crippen molar-refractivity contribution < 1.29 is 8.42 Å². The molecule has 0 fully saturated rings. The predicted octanol–water partition coefficient (Wildman–Crippen LogP) is 2.14. The minimum absolute atomic E-state index is 0. The van der Waals surface area contributed by atoms with Crippen molar-refractivity contribution in [1.82, 2.24) is 14.9 Å². The first-order valence-electron chi connectivity index (χ1n) is 7.98. The van der Waals surface area contributed by atoms with Gasteiger partial charge in [-0.05, 0) is 38.1 Å². The van der Waals surface area contributed by atoms with Gasteiger partial charge < -0.3 is 10.6 Å². The minimum Gasteiger partial charge on any atom is -0.357 e. The third-order valence-corrected chi connectivity index (χ3v) is 6.13. The lowest BCUT2D eigenvalue weighted by atomic mass is 10.3. The van der Waals surface area contributed by atoms with Gasteiger partial charge in [0, 0.05) is 38.1 Å². The van der Waals surface area contributed by atoms with Crippen LogP contribution in [0.1, 0.15) is 25.1 Å². The molecule has 9 heteroatoms. The fourth-order valence-corrected chi connectivity index (χ4v) is 3.50. The normalized spacial score (nSPS) is 12.1. The van der Waals surface area contributed by atoms with E-state index in [1.807, 2.05) is 6.92 Å². The molecule has 0 spiro atoms. The average molecular weight is 488 g/mol. The number of thiophene rings is 1. The van der Waals surface area contributed by atoms with Crippen molar-refractivity contribution in [1.29, 1.82) is 0 Å². The number of nitrogens with one attached hydrogen (secondary N) is 2. The number of hydrogen-bond acceptors (Lipinski definition) is 4. The lowest BCUT2D eigenvalue weighted by Gasteiger charge is -2.15. The van der Waals surface area contributed by atoms with E-state index in [1.54, 1.807) is 25.3 Å². The number of nitrogens with zero attached hydrogens (tertiary/aromatic N) is 2. The summed E-state index contributed by atoms with van der Waals surface area (Å²) in [6, 6.07) is 4.18. The van der Waals surface area contributed by atoms with E-state index in [4.69, 9.17) is 0 Å². The van der Waals surface area contributed by atoms with E-state index < -0.39 is 10.0 Å². The van der Waals surface area contributed by atoms with Crippen molar-refractivity contribution in [3.8, 4) is 0 Å². The highest BCUT2D eigenvalue weighted by molar-refractivity contribution is 14.0. The Morgan fingerprint density at radius 1 is 1.33 bits per heavy atom. The molecule has 0 atom stereocenters. The topological polar surface area (TPSA) is 73.8 Å². The van der Waals surface area contributed by atoms with E-state index in [0.717, 1.165) is 25.5 Å². The van der Waals surface area contributed by atoms with Crippen LogP contribution in [0.5, 0.6) is 0 Å². The fourth-order valence-electron chi connectivity index (χ4n) is 1.94. The zero-order valence-electron chi connectivity index (χ0n) is 14.6. The smallest absolute Gasteiger partial charge is 0.213 e. The molecule has 0 aromatic carbocycles. The third-order valence-electron chi connectivity index (χ3n) is 3.33. The maximum Gasteiger partial charge on any atom is 0.213 e. The Kier molecular flexibility index (Phi) is 12.7. The van der Waals surface area contributed by atoms with Gasteiger partial charge in [-0.25, -0.2) is 12.7 Å². The summed E-state index contributed by atoms with van der Waals surface area (Å²) in [6.07, 6.45) is 1.68. The number of aliphatic imine (C=N–C) groups is 1. The van der Waals surface area contributed by atoms with Crippen molar-refractivity contribution >= 4 is 51.3 Å². The SMILES string of the molecule is CCNC(=NCCCN(C)S(=O)(=O)CC)NCCc1cccs1.I. The van der Waals surface area contributed by atoms with Crippen molar-refractivity contribution in [2.24, 2.45) is 4.99 Å². The van der Waals surface area contributed by atoms with Crippen LogP contribution in [0, 0.1) is 0 Å². The highest BCUT2D eigenvalue weighted by Crippen LogP contribution is 2.07. The molecular weight excluding hydrogens is 459 g/mol. The molecule has 0 bridgehead atoms. The second kappa shape index (κ2) is 12.9. The van der Waals surface area contributed by atoms with Gasteiger partial charge in [0.2, 0.25) is 10.0 Å². The summed E-state index contributed by atoms with van der Waals surface area (Å²) in [5, 5.41) is 8.58. The van der Waals surface area contributed by atoms with Crippen LogP contribution in [0.25, 0.3) is 0 Å². The summed E-state index contributed by atoms with van der Waals surface area (Å²) in [6.45, 7) is 6.40. The molecule has 0 aliphatic carbocycles. The second-order valence-electron chi connectivity index (χ2n) is 5.09. The molecule has 1 rings (SSSR count). The molecule has 6 nitrogen and oxygen atoms in total. The molecule has 1 aromatic heterocycles. The van der Waals surface area contributed by atoms with Crippen LogP contribution in [0.3, 0.4) is 0 Å². The predicted molar refractivity (Wildman–Crippen MR) is 114 cm³/mol. The fraction of sp³-hybridized carbons (Fsp3) is 0.667. The lowest BCUT2D eigenvalue weighted by Crippen LogP contribution is -2.38. The van der Waals surface area contributed by atoms with Crippen molar-refractivity contribution in [3.05, 3.63) is 22.4 Å². The van der Waals surface area contributed by atoms with Gasteiger partial charge in [0.05, 0.1) is 5.75 Å². The van der Waals surface area contributed by atoms with Gasteiger partial charge in [0.15, 0.2) is 5.96 Å². The first-order valence-corrected chi connectivity index (χ1v) is 10.5. The van der Waals surface area contributed by atoms with Gasteiger partial charge in [-0.2, -0.15) is 0 Å². The highest BCUT2D eigenvalue weighted by Gasteiger charge is 2.13. The molecule has 0 aliphatic heterocycles. The lowest BCUT2D eigenvalue weighted by molar-refractivity contribution is 0.465. The molecule has 0 saturated heterocycles. The molecule has 2 N–H and O–H groups in total. The molecule has 24 heavy (non-hydrogen) atoms. The zero-order valence-corrected chi connectivity index (χ0v) is 18.6. The van der Waals surface area contributed by atoms with E-state index in [1.165, 1.54) is 9.18 Å². The maximum absolute atomic E-state index is 11.7. The molecule has 0 radical (unpaired) electrons. The number of hydrogen-bond donors (Lipinski definition) is 2. The summed E-state index contributed by atoms with van der Waals surface area (Å²) in [5.74, 6) is 0.921. The summed E-state index contributed by atoms with van der Waals surface area (Å²) in [7, 11) is -1.48. The molecule has 0 unspecified atom stereocenters. The van der Waals surface area contributed by atoms with Crippen molar-refractivity contribution in [2.45, 2.75) is 26.7 Å². The summed E-state index contributed by atoms with van der Waals surface area (Å²) in [5.41, 5.74) is 0.